The Labute approximate surface area is 98.4 Å². The number of halogens is 1. The number of nitriles is 1. The van der Waals surface area contributed by atoms with Crippen LogP contribution in [0.2, 0.25) is 0 Å². The molecule has 0 spiro atoms. The molecule has 78 valence electrons. The Morgan fingerprint density at radius 3 is 2.93 bits per heavy atom. The minimum absolute atomic E-state index is 0.700. The molecule has 0 amide bonds. The third kappa shape index (κ3) is 2.32. The lowest BCUT2D eigenvalue weighted by Gasteiger charge is -2.08. The van der Waals surface area contributed by atoms with Crippen LogP contribution in [0, 0.1) is 23.2 Å². The number of nitrogens with zero attached hydrogens (tertiary/aromatic N) is 1. The van der Waals surface area contributed by atoms with E-state index < -0.39 is 0 Å². The van der Waals surface area contributed by atoms with Crippen molar-refractivity contribution in [3.63, 3.8) is 0 Å². The lowest BCUT2D eigenvalue weighted by atomic mass is 10.2. The highest BCUT2D eigenvalue weighted by Gasteiger charge is 2.31. The van der Waals surface area contributed by atoms with E-state index in [4.69, 9.17) is 5.26 Å². The molecule has 0 aliphatic heterocycles. The summed E-state index contributed by atoms with van der Waals surface area (Å²) in [5.74, 6) is 1.63. The lowest BCUT2D eigenvalue weighted by Crippen LogP contribution is -2.05. The minimum atomic E-state index is 0.700. The van der Waals surface area contributed by atoms with E-state index in [9.17, 15) is 0 Å². The van der Waals surface area contributed by atoms with Gasteiger partial charge in [0.25, 0.3) is 0 Å². The van der Waals surface area contributed by atoms with Gasteiger partial charge in [-0.3, -0.25) is 0 Å². The summed E-state index contributed by atoms with van der Waals surface area (Å²) in [7, 11) is 0. The van der Waals surface area contributed by atoms with Crippen molar-refractivity contribution in [3.8, 4) is 6.07 Å². The van der Waals surface area contributed by atoms with Crippen molar-refractivity contribution >= 4 is 21.6 Å². The van der Waals surface area contributed by atoms with Crippen molar-refractivity contribution in [2.24, 2.45) is 11.8 Å². The van der Waals surface area contributed by atoms with Gasteiger partial charge in [-0.15, -0.1) is 0 Å². The van der Waals surface area contributed by atoms with Gasteiger partial charge in [0.05, 0.1) is 11.3 Å². The summed E-state index contributed by atoms with van der Waals surface area (Å²) in [4.78, 5) is 0. The highest BCUT2D eigenvalue weighted by molar-refractivity contribution is 9.10. The van der Waals surface area contributed by atoms with Crippen molar-refractivity contribution in [2.75, 3.05) is 11.9 Å². The summed E-state index contributed by atoms with van der Waals surface area (Å²) in [5.41, 5.74) is 1.64. The molecule has 2 nitrogen and oxygen atoms in total. The van der Waals surface area contributed by atoms with E-state index in [0.29, 0.717) is 5.56 Å². The molecule has 2 atom stereocenters. The van der Waals surface area contributed by atoms with E-state index in [1.807, 2.05) is 18.2 Å². The second kappa shape index (κ2) is 4.24. The molecule has 1 N–H and O–H groups in total. The monoisotopic (exact) mass is 264 g/mol. The molecule has 1 saturated carbocycles. The Balaban J connectivity index is 2.07. The highest BCUT2D eigenvalue weighted by Crippen LogP contribution is 2.37. The number of nitrogens with one attached hydrogen (secondary N) is 1. The fraction of sp³-hybridized carbons (Fsp3) is 0.417. The van der Waals surface area contributed by atoms with Gasteiger partial charge in [0, 0.05) is 11.0 Å². The standard InChI is InChI=1S/C12H13BrN2/c1-8-5-9(8)7-15-12-4-2-3-11(13)10(12)6-14/h2-4,8-9,15H,5,7H2,1H3. The zero-order chi connectivity index (χ0) is 10.8. The normalized spacial score (nSPS) is 23.3. The number of anilines is 1. The molecule has 2 unspecified atom stereocenters. The van der Waals surface area contributed by atoms with E-state index in [1.165, 1.54) is 6.42 Å². The van der Waals surface area contributed by atoms with E-state index >= 15 is 0 Å². The Kier molecular flexibility index (Phi) is 2.97. The Bertz CT molecular complexity index is 409. The number of benzene rings is 1. The first kappa shape index (κ1) is 10.5. The molecule has 0 bridgehead atoms. The molecule has 1 fully saturated rings. The molecule has 0 aromatic heterocycles. The van der Waals surface area contributed by atoms with Gasteiger partial charge in [0.15, 0.2) is 0 Å². The van der Waals surface area contributed by atoms with E-state index in [1.54, 1.807) is 0 Å². The van der Waals surface area contributed by atoms with Gasteiger partial charge in [-0.1, -0.05) is 13.0 Å². The smallest absolute Gasteiger partial charge is 0.103 e. The van der Waals surface area contributed by atoms with Crippen LogP contribution < -0.4 is 5.32 Å². The van der Waals surface area contributed by atoms with E-state index in [-0.39, 0.29) is 0 Å². The summed E-state index contributed by atoms with van der Waals surface area (Å²) < 4.78 is 0.860. The third-order valence-electron chi connectivity index (χ3n) is 2.96. The topological polar surface area (TPSA) is 35.8 Å². The van der Waals surface area contributed by atoms with Crippen LogP contribution in [0.4, 0.5) is 5.69 Å². The molecule has 0 heterocycles. The van der Waals surface area contributed by atoms with E-state index in [0.717, 1.165) is 28.5 Å². The Morgan fingerprint density at radius 2 is 2.33 bits per heavy atom. The number of rotatable bonds is 3. The van der Waals surface area contributed by atoms with Crippen molar-refractivity contribution < 1.29 is 0 Å². The maximum atomic E-state index is 9.01. The highest BCUT2D eigenvalue weighted by atomic mass is 79.9. The molecular weight excluding hydrogens is 252 g/mol. The first-order valence-electron chi connectivity index (χ1n) is 5.15. The molecule has 1 aliphatic carbocycles. The van der Waals surface area contributed by atoms with Crippen LogP contribution >= 0.6 is 15.9 Å². The van der Waals surface area contributed by atoms with Crippen molar-refractivity contribution in [2.45, 2.75) is 13.3 Å². The van der Waals surface area contributed by atoms with Crippen LogP contribution in [0.5, 0.6) is 0 Å². The second-order valence-corrected chi connectivity index (χ2v) is 4.98. The zero-order valence-electron chi connectivity index (χ0n) is 8.63. The summed E-state index contributed by atoms with van der Waals surface area (Å²) >= 11 is 3.38. The molecule has 3 heteroatoms. The van der Waals surface area contributed by atoms with Crippen LogP contribution in [0.25, 0.3) is 0 Å². The van der Waals surface area contributed by atoms with Gasteiger partial charge in [-0.05, 0) is 46.3 Å². The minimum Gasteiger partial charge on any atom is -0.384 e. The molecule has 1 aliphatic rings. The lowest BCUT2D eigenvalue weighted by molar-refractivity contribution is 0.787. The van der Waals surface area contributed by atoms with E-state index in [2.05, 4.69) is 34.2 Å². The SMILES string of the molecule is CC1CC1CNc1cccc(Br)c1C#N. The summed E-state index contributed by atoms with van der Waals surface area (Å²) in [6, 6.07) is 8.00. The number of hydrogen-bond acceptors (Lipinski definition) is 2. The average molecular weight is 265 g/mol. The van der Waals surface area contributed by atoms with Crippen LogP contribution in [-0.4, -0.2) is 6.54 Å². The summed E-state index contributed by atoms with van der Waals surface area (Å²) in [5, 5.41) is 12.4. The summed E-state index contributed by atoms with van der Waals surface area (Å²) in [6.45, 7) is 3.24. The van der Waals surface area contributed by atoms with Gasteiger partial charge < -0.3 is 5.32 Å². The van der Waals surface area contributed by atoms with Gasteiger partial charge in [0.1, 0.15) is 6.07 Å². The number of hydrogen-bond donors (Lipinski definition) is 1. The third-order valence-corrected chi connectivity index (χ3v) is 3.62. The molecule has 1 aromatic rings. The Hall–Kier alpha value is -1.01. The predicted octanol–water partition coefficient (Wildman–Crippen LogP) is 3.39. The van der Waals surface area contributed by atoms with Gasteiger partial charge >= 0.3 is 0 Å². The second-order valence-electron chi connectivity index (χ2n) is 4.13. The molecule has 2 rings (SSSR count). The van der Waals surface area contributed by atoms with Crippen molar-refractivity contribution in [1.82, 2.24) is 0 Å². The first-order chi connectivity index (χ1) is 7.22. The fourth-order valence-electron chi connectivity index (χ4n) is 1.71. The van der Waals surface area contributed by atoms with Crippen molar-refractivity contribution in [3.05, 3.63) is 28.2 Å². The molecule has 0 radical (unpaired) electrons. The maximum Gasteiger partial charge on any atom is 0.103 e. The van der Waals surface area contributed by atoms with Gasteiger partial charge in [-0.25, -0.2) is 0 Å². The fourth-order valence-corrected chi connectivity index (χ4v) is 2.16. The molecule has 1 aromatic carbocycles. The first-order valence-corrected chi connectivity index (χ1v) is 5.94. The molecule has 0 saturated heterocycles. The molecular formula is C12H13BrN2. The van der Waals surface area contributed by atoms with Crippen LogP contribution in [0.1, 0.15) is 18.9 Å². The summed E-state index contributed by atoms with van der Waals surface area (Å²) in [6.07, 6.45) is 1.31. The zero-order valence-corrected chi connectivity index (χ0v) is 10.2. The van der Waals surface area contributed by atoms with Crippen LogP contribution in [0.3, 0.4) is 0 Å². The quantitative estimate of drug-likeness (QED) is 0.909. The van der Waals surface area contributed by atoms with Crippen molar-refractivity contribution in [1.29, 1.82) is 5.26 Å². The van der Waals surface area contributed by atoms with Crippen LogP contribution in [-0.2, 0) is 0 Å². The largest absolute Gasteiger partial charge is 0.384 e. The van der Waals surface area contributed by atoms with Gasteiger partial charge in [-0.2, -0.15) is 5.26 Å². The average Bonchev–Trinajstić information content (AvgIpc) is 2.92. The Morgan fingerprint density at radius 1 is 1.60 bits per heavy atom. The van der Waals surface area contributed by atoms with Gasteiger partial charge in [0.2, 0.25) is 0 Å². The maximum absolute atomic E-state index is 9.01. The predicted molar refractivity (Wildman–Crippen MR) is 64.6 cm³/mol. The van der Waals surface area contributed by atoms with Crippen LogP contribution in [0.15, 0.2) is 22.7 Å². The molecule has 15 heavy (non-hydrogen) atoms.